The Bertz CT molecular complexity index is 1020. The van der Waals surface area contributed by atoms with Crippen LogP contribution < -0.4 is 16.4 Å². The second-order valence-electron chi connectivity index (χ2n) is 5.51. The number of nitrogens with two attached hydrogens (primary N) is 1. The van der Waals surface area contributed by atoms with Gasteiger partial charge in [0.15, 0.2) is 5.82 Å². The van der Waals surface area contributed by atoms with E-state index in [-0.39, 0.29) is 6.03 Å². The van der Waals surface area contributed by atoms with Crippen molar-refractivity contribution in [1.82, 2.24) is 10.2 Å². The number of benzene rings is 2. The fourth-order valence-corrected chi connectivity index (χ4v) is 3.29. The minimum Gasteiger partial charge on any atom is -0.382 e. The summed E-state index contributed by atoms with van der Waals surface area (Å²) in [6, 6.07) is 15.1. The molecule has 0 spiro atoms. The first-order valence-corrected chi connectivity index (χ1v) is 8.58. The molecule has 0 atom stereocenters. The van der Waals surface area contributed by atoms with Gasteiger partial charge in [0, 0.05) is 11.1 Å². The number of hydrogen-bond donors (Lipinski definition) is 4. The minimum absolute atomic E-state index is 0.271. The summed E-state index contributed by atoms with van der Waals surface area (Å²) in [6.45, 7) is 0. The molecule has 0 aliphatic carbocycles. The lowest BCUT2D eigenvalue weighted by molar-refractivity contribution is 0.262. The number of carbonyl (C=O) groups excluding carboxylic acids is 1. The summed E-state index contributed by atoms with van der Waals surface area (Å²) in [4.78, 5) is 12.0. The van der Waals surface area contributed by atoms with Gasteiger partial charge in [-0.05, 0) is 40.8 Å². The molecule has 0 saturated carbocycles. The molecule has 0 saturated heterocycles. The van der Waals surface area contributed by atoms with Crippen LogP contribution in [0.25, 0.3) is 22.0 Å². The summed E-state index contributed by atoms with van der Waals surface area (Å²) in [6.07, 6.45) is 0. The fourth-order valence-electron chi connectivity index (χ4n) is 2.70. The van der Waals surface area contributed by atoms with Crippen molar-refractivity contribution in [3.8, 4) is 11.1 Å². The van der Waals surface area contributed by atoms with Gasteiger partial charge < -0.3 is 16.4 Å². The second-order valence-corrected chi connectivity index (χ2v) is 6.29. The Morgan fingerprint density at radius 3 is 2.60 bits per heavy atom. The van der Waals surface area contributed by atoms with E-state index in [0.29, 0.717) is 11.5 Å². The zero-order valence-corrected chi connectivity index (χ0v) is 13.9. The van der Waals surface area contributed by atoms with Crippen LogP contribution in [0.4, 0.5) is 22.0 Å². The van der Waals surface area contributed by atoms with Crippen LogP contribution in [0.5, 0.6) is 0 Å². The lowest BCUT2D eigenvalue weighted by atomic mass is 10.0. The molecule has 0 bridgehead atoms. The van der Waals surface area contributed by atoms with Crippen LogP contribution in [0.15, 0.2) is 59.3 Å². The predicted molar refractivity (Wildman–Crippen MR) is 103 cm³/mol. The van der Waals surface area contributed by atoms with E-state index in [9.17, 15) is 4.79 Å². The molecule has 5 N–H and O–H groups in total. The monoisotopic (exact) mass is 349 g/mol. The number of fused-ring (bicyclic) bond motifs is 1. The molecule has 0 aliphatic heterocycles. The van der Waals surface area contributed by atoms with E-state index < -0.39 is 0 Å². The Morgan fingerprint density at radius 2 is 1.84 bits per heavy atom. The van der Waals surface area contributed by atoms with Crippen molar-refractivity contribution < 1.29 is 4.79 Å². The lowest BCUT2D eigenvalue weighted by Crippen LogP contribution is -2.18. The number of nitrogens with zero attached hydrogens (tertiary/aromatic N) is 1. The van der Waals surface area contributed by atoms with Gasteiger partial charge >= 0.3 is 6.03 Å². The maximum Gasteiger partial charge on any atom is 0.323 e. The molecule has 25 heavy (non-hydrogen) atoms. The van der Waals surface area contributed by atoms with Crippen molar-refractivity contribution >= 4 is 45.5 Å². The highest BCUT2D eigenvalue weighted by molar-refractivity contribution is 7.08. The van der Waals surface area contributed by atoms with Crippen molar-refractivity contribution in [2.45, 2.75) is 0 Å². The van der Waals surface area contributed by atoms with Crippen molar-refractivity contribution in [2.24, 2.45) is 0 Å². The Labute approximate surface area is 147 Å². The van der Waals surface area contributed by atoms with Crippen molar-refractivity contribution in [3.05, 3.63) is 59.3 Å². The summed E-state index contributed by atoms with van der Waals surface area (Å²) in [5.74, 6) is 0.475. The quantitative estimate of drug-likeness (QED) is 0.438. The molecule has 4 aromatic rings. The van der Waals surface area contributed by atoms with Crippen molar-refractivity contribution in [1.29, 1.82) is 0 Å². The average Bonchev–Trinajstić information content (AvgIpc) is 3.26. The first-order chi connectivity index (χ1) is 12.2. The van der Waals surface area contributed by atoms with Gasteiger partial charge in [-0.15, -0.1) is 0 Å². The van der Waals surface area contributed by atoms with Gasteiger partial charge in [-0.25, -0.2) is 4.79 Å². The van der Waals surface area contributed by atoms with E-state index in [4.69, 9.17) is 5.73 Å². The lowest BCUT2D eigenvalue weighted by Gasteiger charge is -2.08. The van der Waals surface area contributed by atoms with Crippen LogP contribution in [0, 0.1) is 0 Å². The average molecular weight is 349 g/mol. The third kappa shape index (κ3) is 3.05. The molecule has 0 fully saturated rings. The van der Waals surface area contributed by atoms with Crippen LogP contribution in [0.2, 0.25) is 0 Å². The topological polar surface area (TPSA) is 95.8 Å². The number of rotatable bonds is 3. The highest BCUT2D eigenvalue weighted by atomic mass is 32.1. The van der Waals surface area contributed by atoms with E-state index in [1.54, 1.807) is 0 Å². The van der Waals surface area contributed by atoms with E-state index in [1.807, 2.05) is 59.3 Å². The van der Waals surface area contributed by atoms with Crippen LogP contribution in [0.1, 0.15) is 0 Å². The summed E-state index contributed by atoms with van der Waals surface area (Å²) >= 11 is 1.53. The number of H-pyrrole nitrogens is 1. The summed E-state index contributed by atoms with van der Waals surface area (Å²) in [5, 5.41) is 17.3. The van der Waals surface area contributed by atoms with Crippen molar-refractivity contribution in [3.63, 3.8) is 0 Å². The zero-order valence-electron chi connectivity index (χ0n) is 13.1. The highest BCUT2D eigenvalue weighted by Gasteiger charge is 2.10. The number of nitrogen functional groups attached to an aromatic ring is 1. The van der Waals surface area contributed by atoms with E-state index in [2.05, 4.69) is 20.8 Å². The van der Waals surface area contributed by atoms with Crippen LogP contribution in [-0.2, 0) is 0 Å². The molecule has 2 aromatic heterocycles. The van der Waals surface area contributed by atoms with Gasteiger partial charge in [0.25, 0.3) is 0 Å². The molecule has 7 heteroatoms. The van der Waals surface area contributed by atoms with Crippen molar-refractivity contribution in [2.75, 3.05) is 16.4 Å². The first-order valence-electron chi connectivity index (χ1n) is 7.64. The molecular weight excluding hydrogens is 334 g/mol. The number of aromatic nitrogens is 2. The number of nitrogens with one attached hydrogen (secondary N) is 3. The fraction of sp³-hybridized carbons (Fsp3) is 0. The Hall–Kier alpha value is -3.32. The molecule has 0 aliphatic rings. The van der Waals surface area contributed by atoms with Gasteiger partial charge in [-0.1, -0.05) is 24.3 Å². The summed E-state index contributed by atoms with van der Waals surface area (Å²) in [7, 11) is 0. The number of carbonyl (C=O) groups is 1. The third-order valence-electron chi connectivity index (χ3n) is 3.85. The summed E-state index contributed by atoms with van der Waals surface area (Å²) in [5.41, 5.74) is 10.4. The number of hydrogen-bond acceptors (Lipinski definition) is 4. The molecule has 0 radical (unpaired) electrons. The molecule has 6 nitrogen and oxygen atoms in total. The standard InChI is InChI=1S/C18H15N5OS/c19-17-16-14(2-1-3-15(16)22-23-17)11-4-6-12(7-5-11)20-18(24)21-13-8-9-25-10-13/h1-10H,(H3,19,22,23)(H2,20,21,24). The van der Waals surface area contributed by atoms with Crippen LogP contribution >= 0.6 is 11.3 Å². The molecule has 2 aromatic carbocycles. The maximum atomic E-state index is 12.0. The zero-order chi connectivity index (χ0) is 17.2. The Balaban J connectivity index is 1.55. The first kappa shape index (κ1) is 15.2. The molecule has 124 valence electrons. The normalized spacial score (nSPS) is 10.7. The van der Waals surface area contributed by atoms with E-state index >= 15 is 0 Å². The van der Waals surface area contributed by atoms with Gasteiger partial charge in [-0.3, -0.25) is 5.10 Å². The Morgan fingerprint density at radius 1 is 1.04 bits per heavy atom. The number of thiophene rings is 1. The molecule has 2 heterocycles. The predicted octanol–water partition coefficient (Wildman–Crippen LogP) is 4.52. The number of amides is 2. The largest absolute Gasteiger partial charge is 0.382 e. The van der Waals surface area contributed by atoms with Crippen LogP contribution in [-0.4, -0.2) is 16.2 Å². The number of anilines is 3. The molecule has 2 amide bonds. The molecule has 4 rings (SSSR count). The number of aromatic amines is 1. The molecule has 0 unspecified atom stereocenters. The van der Waals surface area contributed by atoms with Crippen LogP contribution in [0.3, 0.4) is 0 Å². The smallest absolute Gasteiger partial charge is 0.323 e. The minimum atomic E-state index is -0.271. The third-order valence-corrected chi connectivity index (χ3v) is 4.53. The van der Waals surface area contributed by atoms with Gasteiger partial charge in [0.05, 0.1) is 16.6 Å². The highest BCUT2D eigenvalue weighted by Crippen LogP contribution is 2.31. The molecular formula is C18H15N5OS. The summed E-state index contributed by atoms with van der Waals surface area (Å²) < 4.78 is 0. The SMILES string of the molecule is Nc1n[nH]c2cccc(-c3ccc(NC(=O)Nc4ccsc4)cc3)c12. The Kier molecular flexibility index (Phi) is 3.83. The second kappa shape index (κ2) is 6.29. The van der Waals surface area contributed by atoms with Gasteiger partial charge in [-0.2, -0.15) is 16.4 Å². The maximum absolute atomic E-state index is 12.0. The van der Waals surface area contributed by atoms with E-state index in [1.165, 1.54) is 11.3 Å². The van der Waals surface area contributed by atoms with Gasteiger partial charge in [0.1, 0.15) is 0 Å². The van der Waals surface area contributed by atoms with Gasteiger partial charge in [0.2, 0.25) is 0 Å². The number of urea groups is 1. The van der Waals surface area contributed by atoms with E-state index in [0.717, 1.165) is 27.7 Å².